The number of aliphatic hydroxyl groups is 2. The smallest absolute Gasteiger partial charge is 0.220 e. The van der Waals surface area contributed by atoms with E-state index in [1.165, 1.54) is 154 Å². The quantitative estimate of drug-likeness (QED) is 0.0427. The second-order valence-electron chi connectivity index (χ2n) is 16.1. The van der Waals surface area contributed by atoms with Crippen LogP contribution in [0.3, 0.4) is 0 Å². The summed E-state index contributed by atoms with van der Waals surface area (Å²) in [6.45, 7) is 4.20. The number of allylic oxidation sites excluding steroid dienone is 9. The Morgan fingerprint density at radius 1 is 0.455 bits per heavy atom. The van der Waals surface area contributed by atoms with Crippen molar-refractivity contribution in [3.8, 4) is 0 Å². The molecule has 0 aliphatic heterocycles. The standard InChI is InChI=1S/C51H93NO3/c1-3-5-7-9-11-13-15-17-19-21-23-24-25-26-27-29-30-32-34-36-38-40-42-44-46-50(54)49(48-53)52-51(55)47-45-43-41-39-37-35-33-31-28-22-20-18-16-14-12-10-8-6-4-2/h6,8,12,14,18,20,28,31,44,46,49-50,53-54H,3-5,7,9-11,13,15-17,19,21-27,29-30,32-43,45,47-48H2,1-2H3,(H,52,55)/b8-6-,14-12-,20-18-,31-28-,46-44+. The molecule has 0 fully saturated rings. The number of rotatable bonds is 43. The van der Waals surface area contributed by atoms with E-state index in [2.05, 4.69) is 67.8 Å². The number of carbonyl (C=O) groups is 1. The first kappa shape index (κ1) is 53.1. The molecule has 3 N–H and O–H groups in total. The highest BCUT2D eigenvalue weighted by Gasteiger charge is 2.17. The molecule has 0 saturated heterocycles. The molecular weight excluding hydrogens is 675 g/mol. The van der Waals surface area contributed by atoms with E-state index in [1.807, 2.05) is 6.08 Å². The molecule has 2 atom stereocenters. The van der Waals surface area contributed by atoms with Crippen molar-refractivity contribution < 1.29 is 15.0 Å². The molecular formula is C51H93NO3. The van der Waals surface area contributed by atoms with Crippen LogP contribution in [-0.2, 0) is 4.79 Å². The highest BCUT2D eigenvalue weighted by molar-refractivity contribution is 5.76. The van der Waals surface area contributed by atoms with E-state index in [1.54, 1.807) is 6.08 Å². The van der Waals surface area contributed by atoms with Crippen molar-refractivity contribution in [2.45, 2.75) is 251 Å². The third-order valence-corrected chi connectivity index (χ3v) is 10.8. The zero-order chi connectivity index (χ0) is 40.0. The van der Waals surface area contributed by atoms with Crippen molar-refractivity contribution in [3.05, 3.63) is 60.8 Å². The number of hydrogen-bond donors (Lipinski definition) is 3. The molecule has 4 heteroatoms. The number of aliphatic hydroxyl groups excluding tert-OH is 2. The van der Waals surface area contributed by atoms with E-state index in [-0.39, 0.29) is 12.5 Å². The van der Waals surface area contributed by atoms with Gasteiger partial charge in [-0.3, -0.25) is 4.79 Å². The van der Waals surface area contributed by atoms with E-state index in [0.717, 1.165) is 64.2 Å². The van der Waals surface area contributed by atoms with Gasteiger partial charge < -0.3 is 15.5 Å². The van der Waals surface area contributed by atoms with Crippen LogP contribution in [0.5, 0.6) is 0 Å². The highest BCUT2D eigenvalue weighted by Crippen LogP contribution is 2.16. The lowest BCUT2D eigenvalue weighted by atomic mass is 10.0. The zero-order valence-electron chi connectivity index (χ0n) is 36.7. The predicted octanol–water partition coefficient (Wildman–Crippen LogP) is 15.3. The molecule has 55 heavy (non-hydrogen) atoms. The van der Waals surface area contributed by atoms with Gasteiger partial charge in [-0.05, 0) is 57.8 Å². The topological polar surface area (TPSA) is 69.6 Å². The van der Waals surface area contributed by atoms with E-state index >= 15 is 0 Å². The molecule has 0 bridgehead atoms. The fraction of sp³-hybridized carbons (Fsp3) is 0.784. The molecule has 1 amide bonds. The summed E-state index contributed by atoms with van der Waals surface area (Å²) in [5.74, 6) is -0.0783. The lowest BCUT2D eigenvalue weighted by Gasteiger charge is -2.20. The second-order valence-corrected chi connectivity index (χ2v) is 16.1. The number of amides is 1. The lowest BCUT2D eigenvalue weighted by Crippen LogP contribution is -2.45. The second kappa shape index (κ2) is 46.5. The molecule has 0 radical (unpaired) electrons. The van der Waals surface area contributed by atoms with Crippen LogP contribution in [0, 0.1) is 0 Å². The Hall–Kier alpha value is -1.91. The molecule has 0 rings (SSSR count). The van der Waals surface area contributed by atoms with Crippen molar-refractivity contribution in [1.82, 2.24) is 5.32 Å². The van der Waals surface area contributed by atoms with Gasteiger partial charge in [0.1, 0.15) is 0 Å². The molecule has 0 aromatic carbocycles. The summed E-state index contributed by atoms with van der Waals surface area (Å²) in [6.07, 6.45) is 64.9. The summed E-state index contributed by atoms with van der Waals surface area (Å²) in [4.78, 5) is 12.4. The van der Waals surface area contributed by atoms with Crippen LogP contribution in [-0.4, -0.2) is 34.9 Å². The Labute approximate surface area is 343 Å². The summed E-state index contributed by atoms with van der Waals surface area (Å²) in [5.41, 5.74) is 0. The Morgan fingerprint density at radius 3 is 1.20 bits per heavy atom. The number of carbonyl (C=O) groups excluding carboxylic acids is 1. The van der Waals surface area contributed by atoms with Crippen LogP contribution in [0.15, 0.2) is 60.8 Å². The highest BCUT2D eigenvalue weighted by atomic mass is 16.3. The van der Waals surface area contributed by atoms with Gasteiger partial charge in [0.05, 0.1) is 18.8 Å². The monoisotopic (exact) mass is 768 g/mol. The molecule has 4 nitrogen and oxygen atoms in total. The summed E-state index contributed by atoms with van der Waals surface area (Å²) < 4.78 is 0. The van der Waals surface area contributed by atoms with Gasteiger partial charge in [-0.2, -0.15) is 0 Å². The normalized spacial score (nSPS) is 13.5. The molecule has 0 saturated carbocycles. The van der Waals surface area contributed by atoms with Crippen molar-refractivity contribution in [3.63, 3.8) is 0 Å². The SMILES string of the molecule is CC/C=C\C/C=C\C/C=C\C/C=C\CCCCCCCCC(=O)NC(CO)C(O)/C=C/CCCCCCCCCCCCCCCCCCCCCCCC. The van der Waals surface area contributed by atoms with E-state index in [4.69, 9.17) is 0 Å². The minimum atomic E-state index is -0.848. The Morgan fingerprint density at radius 2 is 0.800 bits per heavy atom. The Balaban J connectivity index is 3.57. The molecule has 0 aliphatic carbocycles. The van der Waals surface area contributed by atoms with Gasteiger partial charge in [0, 0.05) is 6.42 Å². The van der Waals surface area contributed by atoms with Crippen LogP contribution >= 0.6 is 0 Å². The maximum atomic E-state index is 12.4. The molecule has 0 spiro atoms. The van der Waals surface area contributed by atoms with Crippen LogP contribution in [0.2, 0.25) is 0 Å². The summed E-state index contributed by atoms with van der Waals surface area (Å²) in [5, 5.41) is 23.1. The Bertz CT molecular complexity index is 919. The fourth-order valence-electron chi connectivity index (χ4n) is 7.11. The van der Waals surface area contributed by atoms with E-state index in [0.29, 0.717) is 6.42 Å². The molecule has 0 aromatic heterocycles. The van der Waals surface area contributed by atoms with Crippen molar-refractivity contribution >= 4 is 5.91 Å². The van der Waals surface area contributed by atoms with Crippen molar-refractivity contribution in [2.24, 2.45) is 0 Å². The van der Waals surface area contributed by atoms with Crippen molar-refractivity contribution in [1.29, 1.82) is 0 Å². The van der Waals surface area contributed by atoms with Gasteiger partial charge >= 0.3 is 0 Å². The Kier molecular flexibility index (Phi) is 44.9. The summed E-state index contributed by atoms with van der Waals surface area (Å²) >= 11 is 0. The first-order valence-corrected chi connectivity index (χ1v) is 24.0. The van der Waals surface area contributed by atoms with Gasteiger partial charge in [-0.1, -0.05) is 235 Å². The maximum Gasteiger partial charge on any atom is 0.220 e. The van der Waals surface area contributed by atoms with Crippen LogP contribution in [0.1, 0.15) is 239 Å². The molecule has 0 heterocycles. The largest absolute Gasteiger partial charge is 0.394 e. The van der Waals surface area contributed by atoms with Gasteiger partial charge in [0.25, 0.3) is 0 Å². The number of unbranched alkanes of at least 4 members (excludes halogenated alkanes) is 28. The van der Waals surface area contributed by atoms with Crippen molar-refractivity contribution in [2.75, 3.05) is 6.61 Å². The third kappa shape index (κ3) is 43.1. The first-order chi connectivity index (χ1) is 27.2. The number of nitrogens with one attached hydrogen (secondary N) is 1. The van der Waals surface area contributed by atoms with Gasteiger partial charge in [0.2, 0.25) is 5.91 Å². The van der Waals surface area contributed by atoms with Gasteiger partial charge in [-0.15, -0.1) is 0 Å². The van der Waals surface area contributed by atoms with E-state index < -0.39 is 12.1 Å². The average Bonchev–Trinajstić information content (AvgIpc) is 3.19. The van der Waals surface area contributed by atoms with Gasteiger partial charge in [-0.25, -0.2) is 0 Å². The van der Waals surface area contributed by atoms with Crippen LogP contribution in [0.4, 0.5) is 0 Å². The molecule has 0 aliphatic rings. The minimum Gasteiger partial charge on any atom is -0.394 e. The van der Waals surface area contributed by atoms with Gasteiger partial charge in [0.15, 0.2) is 0 Å². The number of hydrogen-bond acceptors (Lipinski definition) is 3. The van der Waals surface area contributed by atoms with E-state index in [9.17, 15) is 15.0 Å². The van der Waals surface area contributed by atoms with Crippen LogP contribution in [0.25, 0.3) is 0 Å². The molecule has 0 aromatic rings. The van der Waals surface area contributed by atoms with Crippen LogP contribution < -0.4 is 5.32 Å². The molecule has 320 valence electrons. The fourth-order valence-corrected chi connectivity index (χ4v) is 7.11. The summed E-state index contributed by atoms with van der Waals surface area (Å²) in [7, 11) is 0. The zero-order valence-corrected chi connectivity index (χ0v) is 36.7. The third-order valence-electron chi connectivity index (χ3n) is 10.8. The maximum absolute atomic E-state index is 12.4. The first-order valence-electron chi connectivity index (χ1n) is 24.0. The average molecular weight is 768 g/mol. The minimum absolute atomic E-state index is 0.0783. The molecule has 2 unspecified atom stereocenters. The predicted molar refractivity (Wildman–Crippen MR) is 244 cm³/mol. The lowest BCUT2D eigenvalue weighted by molar-refractivity contribution is -0.123. The summed E-state index contributed by atoms with van der Waals surface area (Å²) in [6, 6.07) is -0.633.